The molecular formula is C19H23ClN2O2. The van der Waals surface area contributed by atoms with Crippen LogP contribution in [0.25, 0.3) is 10.9 Å². The Morgan fingerprint density at radius 3 is 3.00 bits per heavy atom. The maximum absolute atomic E-state index is 12.3. The highest BCUT2D eigenvalue weighted by atomic mass is 35.5. The predicted molar refractivity (Wildman–Crippen MR) is 95.4 cm³/mol. The number of hydrogen-bond donors (Lipinski definition) is 2. The lowest BCUT2D eigenvalue weighted by molar-refractivity contribution is -0.131. The van der Waals surface area contributed by atoms with Crippen LogP contribution in [0.15, 0.2) is 24.4 Å². The molecule has 1 saturated carbocycles. The van der Waals surface area contributed by atoms with E-state index in [9.17, 15) is 4.79 Å². The van der Waals surface area contributed by atoms with Gasteiger partial charge in [-0.15, -0.1) is 0 Å². The summed E-state index contributed by atoms with van der Waals surface area (Å²) in [7, 11) is 0. The molecule has 2 heterocycles. The minimum absolute atomic E-state index is 0.0696. The Balaban J connectivity index is 1.47. The molecule has 4 nitrogen and oxygen atoms in total. The number of fused-ring (bicyclic) bond motifs is 1. The van der Waals surface area contributed by atoms with Crippen LogP contribution >= 0.6 is 11.6 Å². The molecule has 4 rings (SSSR count). The van der Waals surface area contributed by atoms with Crippen LogP contribution in [-0.2, 0) is 9.53 Å². The fourth-order valence-electron chi connectivity index (χ4n) is 4.13. The number of H-pyrrole nitrogens is 1. The summed E-state index contributed by atoms with van der Waals surface area (Å²) in [5.41, 5.74) is 2.45. The van der Waals surface area contributed by atoms with Gasteiger partial charge in [-0.25, -0.2) is 0 Å². The van der Waals surface area contributed by atoms with Gasteiger partial charge in [0.25, 0.3) is 0 Å². The fourth-order valence-corrected chi connectivity index (χ4v) is 4.31. The zero-order chi connectivity index (χ0) is 16.5. The van der Waals surface area contributed by atoms with E-state index in [4.69, 9.17) is 16.3 Å². The Kier molecular flexibility index (Phi) is 4.51. The van der Waals surface area contributed by atoms with Crippen LogP contribution in [0.3, 0.4) is 0 Å². The van der Waals surface area contributed by atoms with Gasteiger partial charge in [0.2, 0.25) is 5.91 Å². The van der Waals surface area contributed by atoms with Crippen LogP contribution in [0.2, 0.25) is 5.02 Å². The first kappa shape index (κ1) is 16.0. The SMILES string of the molecule is O=C(N[C@@H]1CCC[C@@H](c2c[nH]c3ccc(Cl)cc23)C1)[C@@H]1CCCO1. The van der Waals surface area contributed by atoms with Crippen molar-refractivity contribution in [3.05, 3.63) is 35.0 Å². The highest BCUT2D eigenvalue weighted by Gasteiger charge is 2.29. The summed E-state index contributed by atoms with van der Waals surface area (Å²) in [5, 5.41) is 5.19. The fraction of sp³-hybridized carbons (Fsp3) is 0.526. The second-order valence-electron chi connectivity index (χ2n) is 7.00. The number of benzene rings is 1. The first-order valence-electron chi connectivity index (χ1n) is 8.89. The Morgan fingerprint density at radius 2 is 2.17 bits per heavy atom. The minimum Gasteiger partial charge on any atom is -0.368 e. The normalized spacial score (nSPS) is 27.5. The number of hydrogen-bond acceptors (Lipinski definition) is 2. The van der Waals surface area contributed by atoms with E-state index in [0.29, 0.717) is 12.5 Å². The highest BCUT2D eigenvalue weighted by molar-refractivity contribution is 6.31. The Morgan fingerprint density at radius 1 is 1.25 bits per heavy atom. The third-order valence-electron chi connectivity index (χ3n) is 5.36. The van der Waals surface area contributed by atoms with Gasteiger partial charge in [0.15, 0.2) is 0 Å². The van der Waals surface area contributed by atoms with Crippen molar-refractivity contribution in [2.75, 3.05) is 6.61 Å². The standard InChI is InChI=1S/C19H23ClN2O2/c20-13-6-7-17-15(10-13)16(11-21-17)12-3-1-4-14(9-12)22-19(23)18-5-2-8-24-18/h6-7,10-12,14,18,21H,1-5,8-9H2,(H,22,23)/t12-,14-,18+/m1/s1. The minimum atomic E-state index is -0.239. The maximum Gasteiger partial charge on any atom is 0.249 e. The molecule has 5 heteroatoms. The summed E-state index contributed by atoms with van der Waals surface area (Å²) in [6.45, 7) is 0.710. The molecule has 1 aromatic heterocycles. The molecule has 2 aromatic rings. The zero-order valence-electron chi connectivity index (χ0n) is 13.7. The first-order valence-corrected chi connectivity index (χ1v) is 9.27. The molecule has 1 aromatic carbocycles. The molecule has 0 spiro atoms. The number of carbonyl (C=O) groups excluding carboxylic acids is 1. The van der Waals surface area contributed by atoms with Crippen molar-refractivity contribution in [1.82, 2.24) is 10.3 Å². The summed E-state index contributed by atoms with van der Waals surface area (Å²) >= 11 is 6.17. The summed E-state index contributed by atoms with van der Waals surface area (Å²) in [4.78, 5) is 15.7. The van der Waals surface area contributed by atoms with Crippen molar-refractivity contribution >= 4 is 28.4 Å². The predicted octanol–water partition coefficient (Wildman–Crippen LogP) is 4.14. The van der Waals surface area contributed by atoms with Crippen LogP contribution < -0.4 is 5.32 Å². The van der Waals surface area contributed by atoms with Crippen LogP contribution in [0.4, 0.5) is 0 Å². The topological polar surface area (TPSA) is 54.1 Å². The van der Waals surface area contributed by atoms with Crippen LogP contribution in [-0.4, -0.2) is 29.6 Å². The molecule has 1 aliphatic carbocycles. The quantitative estimate of drug-likeness (QED) is 0.877. The first-order chi connectivity index (χ1) is 11.7. The number of halogens is 1. The van der Waals surface area contributed by atoms with E-state index in [-0.39, 0.29) is 18.1 Å². The third-order valence-corrected chi connectivity index (χ3v) is 5.59. The molecule has 0 radical (unpaired) electrons. The van der Waals surface area contributed by atoms with Gasteiger partial charge in [0, 0.05) is 34.8 Å². The number of amides is 1. The van der Waals surface area contributed by atoms with Crippen molar-refractivity contribution in [2.24, 2.45) is 0 Å². The van der Waals surface area contributed by atoms with Gasteiger partial charge < -0.3 is 15.0 Å². The molecule has 1 aliphatic heterocycles. The van der Waals surface area contributed by atoms with Crippen molar-refractivity contribution in [2.45, 2.75) is 56.6 Å². The highest BCUT2D eigenvalue weighted by Crippen LogP contribution is 2.37. The van der Waals surface area contributed by atoms with Crippen LogP contribution in [0, 0.1) is 0 Å². The molecule has 1 amide bonds. The van der Waals surface area contributed by atoms with E-state index >= 15 is 0 Å². The van der Waals surface area contributed by atoms with Crippen molar-refractivity contribution in [3.8, 4) is 0 Å². The molecule has 1 saturated heterocycles. The van der Waals surface area contributed by atoms with E-state index in [1.807, 2.05) is 18.2 Å². The van der Waals surface area contributed by atoms with Gasteiger partial charge in [-0.2, -0.15) is 0 Å². The average molecular weight is 347 g/mol. The van der Waals surface area contributed by atoms with Gasteiger partial charge in [0.1, 0.15) is 6.10 Å². The summed E-state index contributed by atoms with van der Waals surface area (Å²) in [5.74, 6) is 0.529. The zero-order valence-corrected chi connectivity index (χ0v) is 14.4. The van der Waals surface area contributed by atoms with E-state index in [1.54, 1.807) is 0 Å². The van der Waals surface area contributed by atoms with Gasteiger partial charge in [-0.05, 0) is 61.8 Å². The lowest BCUT2D eigenvalue weighted by atomic mass is 9.81. The number of ether oxygens (including phenoxy) is 1. The molecule has 2 aliphatic rings. The number of nitrogens with one attached hydrogen (secondary N) is 2. The lowest BCUT2D eigenvalue weighted by Crippen LogP contribution is -2.43. The van der Waals surface area contributed by atoms with E-state index in [1.165, 1.54) is 10.9 Å². The van der Waals surface area contributed by atoms with Gasteiger partial charge >= 0.3 is 0 Å². The Bertz CT molecular complexity index is 736. The summed E-state index contributed by atoms with van der Waals surface area (Å²) < 4.78 is 5.49. The van der Waals surface area contributed by atoms with Crippen LogP contribution in [0.5, 0.6) is 0 Å². The molecular weight excluding hydrogens is 324 g/mol. The van der Waals surface area contributed by atoms with E-state index in [0.717, 1.165) is 49.1 Å². The molecule has 2 fully saturated rings. The van der Waals surface area contributed by atoms with Gasteiger partial charge in [0.05, 0.1) is 0 Å². The lowest BCUT2D eigenvalue weighted by Gasteiger charge is -2.30. The summed E-state index contributed by atoms with van der Waals surface area (Å²) in [6, 6.07) is 6.22. The van der Waals surface area contributed by atoms with E-state index < -0.39 is 0 Å². The summed E-state index contributed by atoms with van der Waals surface area (Å²) in [6.07, 6.45) is 8.04. The second-order valence-corrected chi connectivity index (χ2v) is 7.44. The molecule has 24 heavy (non-hydrogen) atoms. The number of rotatable bonds is 3. The van der Waals surface area contributed by atoms with Crippen molar-refractivity contribution in [3.63, 3.8) is 0 Å². The Hall–Kier alpha value is -1.52. The Labute approximate surface area is 146 Å². The molecule has 0 unspecified atom stereocenters. The number of carbonyl (C=O) groups is 1. The van der Waals surface area contributed by atoms with Crippen molar-refractivity contribution < 1.29 is 9.53 Å². The van der Waals surface area contributed by atoms with Crippen LogP contribution in [0.1, 0.15) is 50.0 Å². The molecule has 2 N–H and O–H groups in total. The second kappa shape index (κ2) is 6.77. The number of aromatic amines is 1. The molecule has 128 valence electrons. The third kappa shape index (κ3) is 3.17. The largest absolute Gasteiger partial charge is 0.368 e. The van der Waals surface area contributed by atoms with Crippen molar-refractivity contribution in [1.29, 1.82) is 0 Å². The monoisotopic (exact) mass is 346 g/mol. The maximum atomic E-state index is 12.3. The van der Waals surface area contributed by atoms with Gasteiger partial charge in [-0.3, -0.25) is 4.79 Å². The van der Waals surface area contributed by atoms with E-state index in [2.05, 4.69) is 16.5 Å². The smallest absolute Gasteiger partial charge is 0.249 e. The molecule has 3 atom stereocenters. The average Bonchev–Trinajstić information content (AvgIpc) is 3.24. The molecule has 0 bridgehead atoms. The van der Waals surface area contributed by atoms with Gasteiger partial charge in [-0.1, -0.05) is 18.0 Å². The number of aromatic nitrogens is 1.